The van der Waals surface area contributed by atoms with Gasteiger partial charge in [-0.05, 0) is 6.07 Å². The number of phenols is 1. The number of halogens is 3. The van der Waals surface area contributed by atoms with Crippen LogP contribution in [0.1, 0.15) is 17.2 Å². The van der Waals surface area contributed by atoms with Crippen LogP contribution in [0.4, 0.5) is 18.9 Å². The third-order valence-electron chi connectivity index (χ3n) is 2.13. The number of nitro groups is 1. The number of benzene rings is 1. The molecule has 0 unspecified atom stereocenters. The average molecular weight is 261 g/mol. The van der Waals surface area contributed by atoms with Crippen molar-refractivity contribution in [2.45, 2.75) is 12.2 Å². The lowest BCUT2D eigenvalue weighted by Gasteiger charge is -2.17. The van der Waals surface area contributed by atoms with Crippen LogP contribution in [0.3, 0.4) is 0 Å². The Morgan fingerprint density at radius 1 is 1.50 bits per heavy atom. The lowest BCUT2D eigenvalue weighted by molar-refractivity contribution is -0.386. The summed E-state index contributed by atoms with van der Waals surface area (Å²) in [6.07, 6.45) is -4.89. The van der Waals surface area contributed by atoms with Crippen LogP contribution in [0, 0.1) is 21.4 Å². The third kappa shape index (κ3) is 2.49. The normalized spacial score (nSPS) is 12.8. The van der Waals surface area contributed by atoms with Gasteiger partial charge in [-0.1, -0.05) is 0 Å². The topological polar surface area (TPSA) is 113 Å². The minimum Gasteiger partial charge on any atom is -0.502 e. The monoisotopic (exact) mass is 261 g/mol. The highest BCUT2D eigenvalue weighted by Gasteiger charge is 2.41. The highest BCUT2D eigenvalue weighted by Crippen LogP contribution is 2.40. The van der Waals surface area contributed by atoms with Crippen LogP contribution in [0.25, 0.3) is 0 Å². The fourth-order valence-electron chi connectivity index (χ4n) is 1.26. The Balaban J connectivity index is 3.50. The Morgan fingerprint density at radius 2 is 2.06 bits per heavy atom. The van der Waals surface area contributed by atoms with E-state index in [0.29, 0.717) is 12.1 Å². The van der Waals surface area contributed by atoms with Crippen LogP contribution < -0.4 is 5.73 Å². The molecule has 0 saturated carbocycles. The van der Waals surface area contributed by atoms with E-state index in [0.717, 1.165) is 0 Å². The standard InChI is InChI=1S/C9H6F3N3O3/c10-9(11,12)8(14)5-1-4(3-13)2-6(7(5)16)15(17)18/h1-2,8,16H,14H2/t8-/m1/s1. The van der Waals surface area contributed by atoms with E-state index in [9.17, 15) is 28.4 Å². The van der Waals surface area contributed by atoms with Gasteiger partial charge >= 0.3 is 11.9 Å². The number of hydrogen-bond donors (Lipinski definition) is 2. The maximum Gasteiger partial charge on any atom is 0.407 e. The van der Waals surface area contributed by atoms with E-state index < -0.39 is 39.7 Å². The first-order valence-corrected chi connectivity index (χ1v) is 4.42. The number of nitrogens with zero attached hydrogens (tertiary/aromatic N) is 2. The SMILES string of the molecule is N#Cc1cc([C@@H](N)C(F)(F)F)c(O)c([N+](=O)[O-])c1. The Bertz CT molecular complexity index is 536. The zero-order chi connectivity index (χ0) is 14.1. The van der Waals surface area contributed by atoms with Gasteiger partial charge in [-0.2, -0.15) is 18.4 Å². The number of rotatable bonds is 2. The van der Waals surface area contributed by atoms with E-state index in [4.69, 9.17) is 11.0 Å². The Labute approximate surface area is 98.2 Å². The predicted molar refractivity (Wildman–Crippen MR) is 52.5 cm³/mol. The minimum absolute atomic E-state index is 0.394. The summed E-state index contributed by atoms with van der Waals surface area (Å²) in [6.45, 7) is 0. The van der Waals surface area contributed by atoms with Crippen LogP contribution in [0.2, 0.25) is 0 Å². The largest absolute Gasteiger partial charge is 0.502 e. The van der Waals surface area contributed by atoms with Crippen molar-refractivity contribution >= 4 is 5.69 Å². The smallest absolute Gasteiger partial charge is 0.407 e. The number of nitro benzene ring substituents is 1. The molecule has 1 atom stereocenters. The van der Waals surface area contributed by atoms with Crippen LogP contribution in [0.5, 0.6) is 5.75 Å². The van der Waals surface area contributed by atoms with Crippen LogP contribution in [-0.4, -0.2) is 16.2 Å². The van der Waals surface area contributed by atoms with Crippen molar-refractivity contribution in [2.24, 2.45) is 5.73 Å². The van der Waals surface area contributed by atoms with Crippen LogP contribution in [0.15, 0.2) is 12.1 Å². The molecule has 0 spiro atoms. The Kier molecular flexibility index (Phi) is 3.43. The van der Waals surface area contributed by atoms with Gasteiger partial charge in [0.05, 0.1) is 16.6 Å². The first kappa shape index (κ1) is 13.7. The molecular weight excluding hydrogens is 255 g/mol. The van der Waals surface area contributed by atoms with Crippen molar-refractivity contribution in [3.05, 3.63) is 33.4 Å². The first-order chi connectivity index (χ1) is 8.18. The van der Waals surface area contributed by atoms with Gasteiger partial charge in [0, 0.05) is 11.6 Å². The second-order valence-electron chi connectivity index (χ2n) is 3.32. The number of aromatic hydroxyl groups is 1. The van der Waals surface area contributed by atoms with Crippen molar-refractivity contribution in [1.82, 2.24) is 0 Å². The molecule has 0 saturated heterocycles. The molecule has 0 aliphatic heterocycles. The molecular formula is C9H6F3N3O3. The molecule has 0 bridgehead atoms. The van der Waals surface area contributed by atoms with Gasteiger partial charge in [-0.3, -0.25) is 10.1 Å². The van der Waals surface area contributed by atoms with Gasteiger partial charge in [0.25, 0.3) is 0 Å². The minimum atomic E-state index is -4.89. The van der Waals surface area contributed by atoms with Gasteiger partial charge in [0.15, 0.2) is 5.75 Å². The fourth-order valence-corrected chi connectivity index (χ4v) is 1.26. The second kappa shape index (κ2) is 4.50. The molecule has 0 aliphatic carbocycles. The van der Waals surface area contributed by atoms with Gasteiger partial charge in [0.1, 0.15) is 6.04 Å². The van der Waals surface area contributed by atoms with Gasteiger partial charge in [-0.15, -0.1) is 0 Å². The van der Waals surface area contributed by atoms with Gasteiger partial charge in [-0.25, -0.2) is 0 Å². The highest BCUT2D eigenvalue weighted by atomic mass is 19.4. The molecule has 0 amide bonds. The van der Waals surface area contributed by atoms with Crippen molar-refractivity contribution in [1.29, 1.82) is 5.26 Å². The van der Waals surface area contributed by atoms with Crippen molar-refractivity contribution < 1.29 is 23.2 Å². The lowest BCUT2D eigenvalue weighted by Crippen LogP contribution is -2.28. The summed E-state index contributed by atoms with van der Waals surface area (Å²) in [5.74, 6) is -1.19. The third-order valence-corrected chi connectivity index (χ3v) is 2.13. The van der Waals surface area contributed by atoms with Gasteiger partial charge in [0.2, 0.25) is 0 Å². The summed E-state index contributed by atoms with van der Waals surface area (Å²) in [5.41, 5.74) is 2.55. The quantitative estimate of drug-likeness (QED) is 0.621. The van der Waals surface area contributed by atoms with Crippen molar-refractivity contribution in [3.63, 3.8) is 0 Å². The van der Waals surface area contributed by atoms with E-state index >= 15 is 0 Å². The molecule has 3 N–H and O–H groups in total. The summed E-state index contributed by atoms with van der Waals surface area (Å²) in [5, 5.41) is 28.5. The fraction of sp³-hybridized carbons (Fsp3) is 0.222. The Morgan fingerprint density at radius 3 is 2.44 bits per heavy atom. The van der Waals surface area contributed by atoms with E-state index in [2.05, 4.69) is 0 Å². The van der Waals surface area contributed by atoms with Crippen LogP contribution >= 0.6 is 0 Å². The van der Waals surface area contributed by atoms with E-state index in [-0.39, 0.29) is 0 Å². The number of nitriles is 1. The second-order valence-corrected chi connectivity index (χ2v) is 3.32. The summed E-state index contributed by atoms with van der Waals surface area (Å²) >= 11 is 0. The molecule has 18 heavy (non-hydrogen) atoms. The maximum absolute atomic E-state index is 12.4. The van der Waals surface area contributed by atoms with E-state index in [1.165, 1.54) is 6.07 Å². The van der Waals surface area contributed by atoms with Crippen LogP contribution in [-0.2, 0) is 0 Å². The number of nitrogens with two attached hydrogens (primary N) is 1. The molecule has 0 heterocycles. The molecule has 96 valence electrons. The van der Waals surface area contributed by atoms with Crippen molar-refractivity contribution in [2.75, 3.05) is 0 Å². The lowest BCUT2D eigenvalue weighted by atomic mass is 10.0. The molecule has 6 nitrogen and oxygen atoms in total. The molecule has 0 fully saturated rings. The molecule has 1 rings (SSSR count). The molecule has 0 aliphatic rings. The molecule has 0 radical (unpaired) electrons. The van der Waals surface area contributed by atoms with Gasteiger partial charge < -0.3 is 10.8 Å². The molecule has 0 aromatic heterocycles. The highest BCUT2D eigenvalue weighted by molar-refractivity contribution is 5.57. The molecule has 9 heteroatoms. The van der Waals surface area contributed by atoms with Crippen molar-refractivity contribution in [3.8, 4) is 11.8 Å². The Hall–Kier alpha value is -2.34. The molecule has 1 aromatic carbocycles. The predicted octanol–water partition coefficient (Wildman–Crippen LogP) is 1.73. The first-order valence-electron chi connectivity index (χ1n) is 4.42. The maximum atomic E-state index is 12.4. The van der Waals surface area contributed by atoms with E-state index in [1.807, 2.05) is 0 Å². The zero-order valence-corrected chi connectivity index (χ0v) is 8.60. The summed E-state index contributed by atoms with van der Waals surface area (Å²) in [6, 6.07) is 0.186. The summed E-state index contributed by atoms with van der Waals surface area (Å²) in [7, 11) is 0. The van der Waals surface area contributed by atoms with E-state index in [1.54, 1.807) is 0 Å². The zero-order valence-electron chi connectivity index (χ0n) is 8.60. The number of alkyl halides is 3. The number of phenolic OH excluding ortho intramolecular Hbond substituents is 1. The summed E-state index contributed by atoms with van der Waals surface area (Å²) < 4.78 is 37.2. The number of hydrogen-bond acceptors (Lipinski definition) is 5. The molecule has 1 aromatic rings. The average Bonchev–Trinajstić information content (AvgIpc) is 2.26. The summed E-state index contributed by atoms with van der Waals surface area (Å²) in [4.78, 5) is 9.43.